The molecule has 94 valence electrons. The lowest BCUT2D eigenvalue weighted by atomic mass is 10.2. The predicted octanol–water partition coefficient (Wildman–Crippen LogP) is 3.31. The van der Waals surface area contributed by atoms with Crippen molar-refractivity contribution in [3.63, 3.8) is 0 Å². The van der Waals surface area contributed by atoms with Crippen LogP contribution in [0.5, 0.6) is 5.75 Å². The highest BCUT2D eigenvalue weighted by atomic mass is 35.5. The average Bonchev–Trinajstić information content (AvgIpc) is 2.18. The van der Waals surface area contributed by atoms with Gasteiger partial charge in [0.1, 0.15) is 10.7 Å². The highest BCUT2D eigenvalue weighted by Crippen LogP contribution is 2.27. The van der Waals surface area contributed by atoms with Crippen molar-refractivity contribution in [1.29, 1.82) is 0 Å². The molecule has 1 aromatic carbocycles. The minimum atomic E-state index is -4.24. The van der Waals surface area contributed by atoms with Crippen molar-refractivity contribution < 1.29 is 17.9 Å². The van der Waals surface area contributed by atoms with Gasteiger partial charge in [-0.25, -0.2) is 0 Å². The monoisotopic (exact) mass is 283 g/mol. The number of rotatable bonds is 4. The van der Waals surface area contributed by atoms with Crippen LogP contribution < -0.4 is 10.5 Å². The normalized spacial score (nSPS) is 11.3. The quantitative estimate of drug-likeness (QED) is 0.861. The summed E-state index contributed by atoms with van der Waals surface area (Å²) in [6, 6.07) is 4.43. The highest BCUT2D eigenvalue weighted by molar-refractivity contribution is 7.80. The minimum absolute atomic E-state index is 0.161. The number of hydrogen-bond donors (Lipinski definition) is 1. The number of hydrogen-bond acceptors (Lipinski definition) is 2. The number of nitrogens with two attached hydrogens (primary N) is 1. The molecule has 1 rings (SSSR count). The van der Waals surface area contributed by atoms with Crippen LogP contribution >= 0.6 is 23.8 Å². The Morgan fingerprint density at radius 2 is 2.06 bits per heavy atom. The molecule has 0 aliphatic rings. The van der Waals surface area contributed by atoms with Crippen molar-refractivity contribution in [2.24, 2.45) is 5.73 Å². The maximum atomic E-state index is 11.9. The van der Waals surface area contributed by atoms with Gasteiger partial charge < -0.3 is 10.5 Å². The molecule has 0 unspecified atom stereocenters. The summed E-state index contributed by atoms with van der Waals surface area (Å²) in [5.74, 6) is 0.177. The molecule has 0 amide bonds. The number of alkyl halides is 3. The van der Waals surface area contributed by atoms with Gasteiger partial charge in [0.15, 0.2) is 0 Å². The first-order chi connectivity index (χ1) is 7.79. The van der Waals surface area contributed by atoms with Crippen LogP contribution in [0.15, 0.2) is 18.2 Å². The average molecular weight is 284 g/mol. The standard InChI is InChI=1S/C10H9ClF3NOS/c11-7-5-6(9(15)17)1-2-8(7)16-4-3-10(12,13)14/h1-2,5H,3-4H2,(H2,15,17). The zero-order valence-corrected chi connectivity index (χ0v) is 10.1. The Bertz CT molecular complexity index is 423. The SMILES string of the molecule is NC(=S)c1ccc(OCCC(F)(F)F)c(Cl)c1. The van der Waals surface area contributed by atoms with Crippen LogP contribution in [0.3, 0.4) is 0 Å². The molecule has 7 heteroatoms. The fourth-order valence-electron chi connectivity index (χ4n) is 1.05. The van der Waals surface area contributed by atoms with Gasteiger partial charge in [0, 0.05) is 5.56 Å². The van der Waals surface area contributed by atoms with Crippen LogP contribution in [0.25, 0.3) is 0 Å². The van der Waals surface area contributed by atoms with E-state index in [0.29, 0.717) is 5.56 Å². The molecule has 0 bridgehead atoms. The lowest BCUT2D eigenvalue weighted by molar-refractivity contribution is -0.139. The van der Waals surface area contributed by atoms with Crippen LogP contribution in [-0.2, 0) is 0 Å². The van der Waals surface area contributed by atoms with Crippen molar-refractivity contribution in [1.82, 2.24) is 0 Å². The second-order valence-electron chi connectivity index (χ2n) is 3.22. The summed E-state index contributed by atoms with van der Waals surface area (Å²) in [7, 11) is 0. The summed E-state index contributed by atoms with van der Waals surface area (Å²) in [4.78, 5) is 0.161. The molecule has 2 N–H and O–H groups in total. The smallest absolute Gasteiger partial charge is 0.392 e. The topological polar surface area (TPSA) is 35.2 Å². The van der Waals surface area contributed by atoms with Gasteiger partial charge in [-0.2, -0.15) is 13.2 Å². The summed E-state index contributed by atoms with van der Waals surface area (Å²) >= 11 is 10.5. The van der Waals surface area contributed by atoms with Gasteiger partial charge in [-0.1, -0.05) is 23.8 Å². The molecule has 0 spiro atoms. The van der Waals surface area contributed by atoms with Crippen molar-refractivity contribution in [2.75, 3.05) is 6.61 Å². The Morgan fingerprint density at radius 3 is 2.53 bits per heavy atom. The van der Waals surface area contributed by atoms with E-state index in [9.17, 15) is 13.2 Å². The van der Waals surface area contributed by atoms with Crippen LogP contribution in [0.1, 0.15) is 12.0 Å². The lowest BCUT2D eigenvalue weighted by Gasteiger charge is -2.10. The van der Waals surface area contributed by atoms with E-state index >= 15 is 0 Å². The van der Waals surface area contributed by atoms with Crippen molar-refractivity contribution in [2.45, 2.75) is 12.6 Å². The van der Waals surface area contributed by atoms with Crippen LogP contribution in [0.2, 0.25) is 5.02 Å². The van der Waals surface area contributed by atoms with E-state index in [1.807, 2.05) is 0 Å². The Labute approximate surface area is 107 Å². The van der Waals surface area contributed by atoms with Gasteiger partial charge in [-0.05, 0) is 18.2 Å². The molecular weight excluding hydrogens is 275 g/mol. The van der Waals surface area contributed by atoms with Gasteiger partial charge in [-0.3, -0.25) is 0 Å². The summed E-state index contributed by atoms with van der Waals surface area (Å²) in [6.45, 7) is -0.477. The molecule has 0 saturated carbocycles. The molecule has 0 heterocycles. The molecule has 2 nitrogen and oxygen atoms in total. The summed E-state index contributed by atoms with van der Waals surface area (Å²) in [5.41, 5.74) is 5.91. The van der Waals surface area contributed by atoms with Gasteiger partial charge in [-0.15, -0.1) is 0 Å². The third-order valence-corrected chi connectivity index (χ3v) is 2.39. The molecule has 0 aliphatic carbocycles. The van der Waals surface area contributed by atoms with Crippen molar-refractivity contribution >= 4 is 28.8 Å². The van der Waals surface area contributed by atoms with Gasteiger partial charge in [0.25, 0.3) is 0 Å². The van der Waals surface area contributed by atoms with Crippen LogP contribution in [-0.4, -0.2) is 17.8 Å². The zero-order valence-electron chi connectivity index (χ0n) is 8.55. The fraction of sp³-hybridized carbons (Fsp3) is 0.300. The first-order valence-corrected chi connectivity index (χ1v) is 5.37. The van der Waals surface area contributed by atoms with E-state index in [4.69, 9.17) is 34.3 Å². The molecular formula is C10H9ClF3NOS. The molecule has 0 saturated heterocycles. The predicted molar refractivity (Wildman–Crippen MR) is 63.5 cm³/mol. The van der Waals surface area contributed by atoms with E-state index in [2.05, 4.69) is 0 Å². The summed E-state index contributed by atoms with van der Waals surface area (Å²) in [6.07, 6.45) is -5.27. The lowest BCUT2D eigenvalue weighted by Crippen LogP contribution is -2.13. The van der Waals surface area contributed by atoms with E-state index in [0.717, 1.165) is 0 Å². The van der Waals surface area contributed by atoms with Gasteiger partial charge >= 0.3 is 6.18 Å². The third-order valence-electron chi connectivity index (χ3n) is 1.86. The first kappa shape index (κ1) is 14.1. The van der Waals surface area contributed by atoms with E-state index in [1.54, 1.807) is 0 Å². The zero-order chi connectivity index (χ0) is 13.1. The van der Waals surface area contributed by atoms with Gasteiger partial charge in [0.05, 0.1) is 18.1 Å². The van der Waals surface area contributed by atoms with E-state index in [-0.39, 0.29) is 15.8 Å². The molecule has 0 fully saturated rings. The Balaban J connectivity index is 2.64. The first-order valence-electron chi connectivity index (χ1n) is 4.58. The summed E-state index contributed by atoms with van der Waals surface area (Å²) in [5, 5.41) is 0.178. The summed E-state index contributed by atoms with van der Waals surface area (Å²) < 4.78 is 40.6. The van der Waals surface area contributed by atoms with E-state index < -0.39 is 19.2 Å². The molecule has 0 aromatic heterocycles. The highest BCUT2D eigenvalue weighted by Gasteiger charge is 2.26. The number of halogens is 4. The molecule has 1 aromatic rings. The molecule has 0 atom stereocenters. The molecule has 0 radical (unpaired) electrons. The molecule has 0 aliphatic heterocycles. The number of thiocarbonyl (C=S) groups is 1. The Morgan fingerprint density at radius 1 is 1.41 bits per heavy atom. The molecule has 17 heavy (non-hydrogen) atoms. The van der Waals surface area contributed by atoms with Crippen LogP contribution in [0, 0.1) is 0 Å². The van der Waals surface area contributed by atoms with Gasteiger partial charge in [0.2, 0.25) is 0 Å². The Kier molecular flexibility index (Phi) is 4.59. The van der Waals surface area contributed by atoms with Crippen molar-refractivity contribution in [3.8, 4) is 5.75 Å². The van der Waals surface area contributed by atoms with E-state index in [1.165, 1.54) is 18.2 Å². The maximum Gasteiger partial charge on any atom is 0.392 e. The van der Waals surface area contributed by atoms with Crippen LogP contribution in [0.4, 0.5) is 13.2 Å². The second kappa shape index (κ2) is 5.55. The second-order valence-corrected chi connectivity index (χ2v) is 4.07. The Hall–Kier alpha value is -1.01. The number of benzene rings is 1. The van der Waals surface area contributed by atoms with Crippen molar-refractivity contribution in [3.05, 3.63) is 28.8 Å². The minimum Gasteiger partial charge on any atom is -0.492 e. The number of ether oxygens (including phenoxy) is 1. The maximum absolute atomic E-state index is 11.9. The largest absolute Gasteiger partial charge is 0.492 e. The third kappa shape index (κ3) is 4.79. The fourth-order valence-corrected chi connectivity index (χ4v) is 1.41.